The molecule has 1 N–H and O–H groups in total. The molecule has 1 atom stereocenters. The van der Waals surface area contributed by atoms with E-state index in [0.717, 1.165) is 60.7 Å². The molecule has 0 aliphatic heterocycles. The summed E-state index contributed by atoms with van der Waals surface area (Å²) in [6, 6.07) is 16.6. The summed E-state index contributed by atoms with van der Waals surface area (Å²) in [5, 5.41) is 3.74. The third-order valence-corrected chi connectivity index (χ3v) is 9.95. The Labute approximate surface area is 256 Å². The van der Waals surface area contributed by atoms with Crippen LogP contribution in [-0.4, -0.2) is 43.8 Å². The molecule has 0 spiro atoms. The smallest absolute Gasteiger partial charge is 0.264 e. The summed E-state index contributed by atoms with van der Waals surface area (Å²) in [4.78, 5) is 29.0. The number of hydrogen-bond acceptors (Lipinski definition) is 4. The normalized spacial score (nSPS) is 14.7. The summed E-state index contributed by atoms with van der Waals surface area (Å²) in [6.45, 7) is 1.08. The van der Waals surface area contributed by atoms with Crippen molar-refractivity contribution in [1.29, 1.82) is 0 Å². The van der Waals surface area contributed by atoms with Crippen LogP contribution < -0.4 is 9.62 Å². The molecule has 0 bridgehead atoms. The largest absolute Gasteiger partial charge is 0.352 e. The van der Waals surface area contributed by atoms with Gasteiger partial charge in [0, 0.05) is 28.2 Å². The molecule has 1 fully saturated rings. The van der Waals surface area contributed by atoms with Gasteiger partial charge in [-0.05, 0) is 67.8 Å². The topological polar surface area (TPSA) is 86.8 Å². The van der Waals surface area contributed by atoms with Gasteiger partial charge in [-0.15, -0.1) is 0 Å². The van der Waals surface area contributed by atoms with Crippen LogP contribution in [0.2, 0.25) is 10.0 Å². The number of rotatable bonds is 11. The van der Waals surface area contributed by atoms with E-state index in [-0.39, 0.29) is 35.5 Å². The zero-order valence-corrected chi connectivity index (χ0v) is 25.6. The van der Waals surface area contributed by atoms with Gasteiger partial charge in [-0.2, -0.15) is 0 Å². The Morgan fingerprint density at radius 2 is 1.55 bits per heavy atom. The maximum Gasteiger partial charge on any atom is 0.264 e. The second-order valence-electron chi connectivity index (χ2n) is 10.3. The summed E-state index contributed by atoms with van der Waals surface area (Å²) in [7, 11) is -4.30. The first-order valence-corrected chi connectivity index (χ1v) is 16.2. The van der Waals surface area contributed by atoms with E-state index in [4.69, 9.17) is 23.2 Å². The van der Waals surface area contributed by atoms with Crippen molar-refractivity contribution >= 4 is 50.7 Å². The molecule has 3 aromatic carbocycles. The van der Waals surface area contributed by atoms with Crippen molar-refractivity contribution in [1.82, 2.24) is 10.2 Å². The second kappa shape index (κ2) is 14.4. The minimum atomic E-state index is -4.30. The van der Waals surface area contributed by atoms with Crippen molar-refractivity contribution < 1.29 is 22.4 Å². The van der Waals surface area contributed by atoms with Crippen LogP contribution in [0.1, 0.15) is 51.0 Å². The monoisotopic (exact) mass is 633 g/mol. The molecule has 0 aromatic heterocycles. The lowest BCUT2D eigenvalue weighted by Crippen LogP contribution is -2.54. The van der Waals surface area contributed by atoms with E-state index in [2.05, 4.69) is 5.32 Å². The molecule has 1 aliphatic rings. The van der Waals surface area contributed by atoms with Crippen LogP contribution in [0.5, 0.6) is 0 Å². The second-order valence-corrected chi connectivity index (χ2v) is 13.0. The Hall–Kier alpha value is -3.14. The highest BCUT2D eigenvalue weighted by atomic mass is 35.5. The van der Waals surface area contributed by atoms with Crippen LogP contribution in [0.15, 0.2) is 77.7 Å². The van der Waals surface area contributed by atoms with E-state index in [1.54, 1.807) is 55.5 Å². The Kier molecular flexibility index (Phi) is 10.9. The third-order valence-electron chi connectivity index (χ3n) is 7.45. The van der Waals surface area contributed by atoms with Crippen LogP contribution in [0.4, 0.5) is 10.1 Å². The molecular weight excluding hydrogens is 600 g/mol. The predicted molar refractivity (Wildman–Crippen MR) is 163 cm³/mol. The van der Waals surface area contributed by atoms with Gasteiger partial charge in [0.1, 0.15) is 18.4 Å². The summed E-state index contributed by atoms with van der Waals surface area (Å²) >= 11 is 12.9. The lowest BCUT2D eigenvalue weighted by Gasteiger charge is -2.34. The van der Waals surface area contributed by atoms with Crippen LogP contribution in [0.3, 0.4) is 0 Å². The van der Waals surface area contributed by atoms with Crippen LogP contribution in [0, 0.1) is 5.82 Å². The highest BCUT2D eigenvalue weighted by Gasteiger charge is 2.35. The number of amides is 2. The fraction of sp³-hybridized carbons (Fsp3) is 0.355. The fourth-order valence-corrected chi connectivity index (χ4v) is 7.11. The summed E-state index contributed by atoms with van der Waals surface area (Å²) in [5.41, 5.74) is 0.691. The van der Waals surface area contributed by atoms with E-state index < -0.39 is 34.3 Å². The highest BCUT2D eigenvalue weighted by molar-refractivity contribution is 7.92. The van der Waals surface area contributed by atoms with Crippen molar-refractivity contribution in [3.05, 3.63) is 94.2 Å². The standard InChI is InChI=1S/C31H34Cl2FN3O4S/c1-2-29(31(39)35-23-10-5-3-6-11-23)36(20-26-27(32)14-9-15-28(26)33)30(38)21-37(24-12-7-4-8-13-24)42(40,41)25-18-16-22(34)17-19-25/h4,7-9,12-19,23,29H,2-3,5-6,10-11,20-21H2,1H3,(H,35,39)/t29-/m0/s1. The molecule has 0 saturated heterocycles. The maximum absolute atomic E-state index is 14.2. The zero-order chi connectivity index (χ0) is 30.3. The van der Waals surface area contributed by atoms with E-state index in [0.29, 0.717) is 15.6 Å². The van der Waals surface area contributed by atoms with Gasteiger partial charge in [0.2, 0.25) is 11.8 Å². The van der Waals surface area contributed by atoms with Gasteiger partial charge in [-0.1, -0.05) is 73.7 Å². The molecule has 3 aromatic rings. The lowest BCUT2D eigenvalue weighted by molar-refractivity contribution is -0.140. The number of benzene rings is 3. The molecule has 4 rings (SSSR count). The molecule has 1 aliphatic carbocycles. The first kappa shape index (κ1) is 31.8. The minimum Gasteiger partial charge on any atom is -0.352 e. The fourth-order valence-electron chi connectivity index (χ4n) is 5.17. The van der Waals surface area contributed by atoms with Crippen LogP contribution >= 0.6 is 23.2 Å². The summed E-state index contributed by atoms with van der Waals surface area (Å²) in [6.07, 6.45) is 5.17. The maximum atomic E-state index is 14.2. The molecule has 7 nitrogen and oxygen atoms in total. The summed E-state index contributed by atoms with van der Waals surface area (Å²) < 4.78 is 42.2. The number of anilines is 1. The van der Waals surface area contributed by atoms with Crippen molar-refractivity contribution in [3.8, 4) is 0 Å². The molecular formula is C31H34Cl2FN3O4S. The number of sulfonamides is 1. The number of nitrogens with zero attached hydrogens (tertiary/aromatic N) is 2. The number of carbonyl (C=O) groups excluding carboxylic acids is 2. The molecule has 0 radical (unpaired) electrons. The molecule has 42 heavy (non-hydrogen) atoms. The van der Waals surface area contributed by atoms with Gasteiger partial charge in [-0.25, -0.2) is 12.8 Å². The minimum absolute atomic E-state index is 0.0147. The molecule has 11 heteroatoms. The predicted octanol–water partition coefficient (Wildman–Crippen LogP) is 6.58. The van der Waals surface area contributed by atoms with Gasteiger partial charge >= 0.3 is 0 Å². The molecule has 2 amide bonds. The van der Waals surface area contributed by atoms with Crippen LogP contribution in [-0.2, 0) is 26.2 Å². The molecule has 224 valence electrons. The third kappa shape index (κ3) is 7.62. The number of carbonyl (C=O) groups is 2. The van der Waals surface area contributed by atoms with Crippen molar-refractivity contribution in [2.45, 2.75) is 69.0 Å². The highest BCUT2D eigenvalue weighted by Crippen LogP contribution is 2.29. The zero-order valence-electron chi connectivity index (χ0n) is 23.3. The molecule has 0 unspecified atom stereocenters. The van der Waals surface area contributed by atoms with Gasteiger partial charge in [0.05, 0.1) is 10.6 Å². The van der Waals surface area contributed by atoms with E-state index in [1.165, 1.54) is 4.90 Å². The quantitative estimate of drug-likeness (QED) is 0.258. The van der Waals surface area contributed by atoms with E-state index in [9.17, 15) is 22.4 Å². The van der Waals surface area contributed by atoms with Gasteiger partial charge in [-0.3, -0.25) is 13.9 Å². The SMILES string of the molecule is CC[C@@H](C(=O)NC1CCCCC1)N(Cc1c(Cl)cccc1Cl)C(=O)CN(c1ccccc1)S(=O)(=O)c1ccc(F)cc1. The van der Waals surface area contributed by atoms with Gasteiger partial charge in [0.25, 0.3) is 10.0 Å². The first-order chi connectivity index (χ1) is 20.1. The van der Waals surface area contributed by atoms with Crippen molar-refractivity contribution in [2.24, 2.45) is 0 Å². The number of halogens is 3. The average Bonchev–Trinajstić information content (AvgIpc) is 2.98. The van der Waals surface area contributed by atoms with Crippen LogP contribution in [0.25, 0.3) is 0 Å². The molecule has 0 heterocycles. The van der Waals surface area contributed by atoms with Gasteiger partial charge < -0.3 is 10.2 Å². The number of nitrogens with one attached hydrogen (secondary N) is 1. The molecule has 1 saturated carbocycles. The van der Waals surface area contributed by atoms with E-state index in [1.807, 2.05) is 0 Å². The first-order valence-electron chi connectivity index (χ1n) is 14.0. The van der Waals surface area contributed by atoms with Crippen molar-refractivity contribution in [2.75, 3.05) is 10.8 Å². The Morgan fingerprint density at radius 3 is 2.14 bits per heavy atom. The Bertz CT molecular complexity index is 1460. The number of para-hydroxylation sites is 1. The van der Waals surface area contributed by atoms with Crippen molar-refractivity contribution in [3.63, 3.8) is 0 Å². The van der Waals surface area contributed by atoms with Gasteiger partial charge in [0.15, 0.2) is 0 Å². The Balaban J connectivity index is 1.72. The average molecular weight is 635 g/mol. The Morgan fingerprint density at radius 1 is 0.929 bits per heavy atom. The summed E-state index contributed by atoms with van der Waals surface area (Å²) in [5.74, 6) is -1.52. The number of hydrogen-bond donors (Lipinski definition) is 1. The lowest BCUT2D eigenvalue weighted by atomic mass is 9.95. The van der Waals surface area contributed by atoms with E-state index >= 15 is 0 Å².